The van der Waals surface area contributed by atoms with Crippen molar-refractivity contribution in [3.05, 3.63) is 52.0 Å². The highest BCUT2D eigenvalue weighted by atomic mass is 32.1. The summed E-state index contributed by atoms with van der Waals surface area (Å²) >= 11 is 1.54. The van der Waals surface area contributed by atoms with Gasteiger partial charge in [-0.1, -0.05) is 6.07 Å². The van der Waals surface area contributed by atoms with Crippen LogP contribution in [0.25, 0.3) is 21.6 Å². The van der Waals surface area contributed by atoms with Crippen molar-refractivity contribution in [3.63, 3.8) is 0 Å². The van der Waals surface area contributed by atoms with Crippen LogP contribution in [-0.4, -0.2) is 7.11 Å². The third kappa shape index (κ3) is 1.80. The van der Waals surface area contributed by atoms with Crippen LogP contribution >= 0.6 is 11.3 Å². The molecular formula is C14H10O3S. The predicted molar refractivity (Wildman–Crippen MR) is 72.3 cm³/mol. The predicted octanol–water partition coefficient (Wildman–Crippen LogP) is 3.53. The van der Waals surface area contributed by atoms with Crippen molar-refractivity contribution in [1.29, 1.82) is 0 Å². The van der Waals surface area contributed by atoms with Gasteiger partial charge in [-0.3, -0.25) is 4.79 Å². The van der Waals surface area contributed by atoms with E-state index in [4.69, 9.17) is 9.15 Å². The molecule has 0 saturated carbocycles. The molecule has 3 nitrogen and oxygen atoms in total. The van der Waals surface area contributed by atoms with Gasteiger partial charge in [0.15, 0.2) is 5.43 Å². The van der Waals surface area contributed by atoms with E-state index in [2.05, 4.69) is 0 Å². The Morgan fingerprint density at radius 3 is 2.83 bits per heavy atom. The molecule has 0 N–H and O–H groups in total. The minimum Gasteiger partial charge on any atom is -0.497 e. The quantitative estimate of drug-likeness (QED) is 0.706. The van der Waals surface area contributed by atoms with Crippen molar-refractivity contribution in [3.8, 4) is 16.4 Å². The third-order valence-corrected chi connectivity index (χ3v) is 3.58. The second kappa shape index (κ2) is 4.31. The Morgan fingerprint density at radius 2 is 2.11 bits per heavy atom. The highest BCUT2D eigenvalue weighted by Crippen LogP contribution is 2.27. The summed E-state index contributed by atoms with van der Waals surface area (Å²) in [6.07, 6.45) is 0. The highest BCUT2D eigenvalue weighted by Gasteiger charge is 2.08. The lowest BCUT2D eigenvalue weighted by atomic mass is 10.2. The summed E-state index contributed by atoms with van der Waals surface area (Å²) in [5.41, 5.74) is 0.507. The second-order valence-electron chi connectivity index (χ2n) is 3.81. The lowest BCUT2D eigenvalue weighted by Gasteiger charge is -2.03. The number of hydrogen-bond acceptors (Lipinski definition) is 4. The molecule has 90 valence electrons. The lowest BCUT2D eigenvalue weighted by molar-refractivity contribution is 0.414. The first-order valence-electron chi connectivity index (χ1n) is 5.44. The van der Waals surface area contributed by atoms with E-state index in [-0.39, 0.29) is 5.43 Å². The van der Waals surface area contributed by atoms with Crippen molar-refractivity contribution in [2.24, 2.45) is 0 Å². The van der Waals surface area contributed by atoms with Crippen LogP contribution in [0.15, 0.2) is 51.0 Å². The van der Waals surface area contributed by atoms with Crippen LogP contribution in [0.5, 0.6) is 5.75 Å². The van der Waals surface area contributed by atoms with Crippen molar-refractivity contribution < 1.29 is 9.15 Å². The van der Waals surface area contributed by atoms with E-state index in [0.29, 0.717) is 22.5 Å². The van der Waals surface area contributed by atoms with Crippen LogP contribution < -0.4 is 10.2 Å². The van der Waals surface area contributed by atoms with Gasteiger partial charge in [0.2, 0.25) is 0 Å². The molecule has 0 fully saturated rings. The molecule has 0 spiro atoms. The van der Waals surface area contributed by atoms with Crippen LogP contribution in [0.2, 0.25) is 0 Å². The summed E-state index contributed by atoms with van der Waals surface area (Å²) in [5.74, 6) is 1.27. The van der Waals surface area contributed by atoms with E-state index >= 15 is 0 Å². The number of benzene rings is 1. The summed E-state index contributed by atoms with van der Waals surface area (Å²) in [5, 5.41) is 2.52. The smallest absolute Gasteiger partial charge is 0.193 e. The Hall–Kier alpha value is -2.07. The van der Waals surface area contributed by atoms with Gasteiger partial charge in [0, 0.05) is 12.1 Å². The number of methoxy groups -OCH3 is 1. The van der Waals surface area contributed by atoms with Crippen LogP contribution in [0.1, 0.15) is 0 Å². The third-order valence-electron chi connectivity index (χ3n) is 2.70. The molecule has 0 unspecified atom stereocenters. The topological polar surface area (TPSA) is 39.4 Å². The maximum atomic E-state index is 12.0. The highest BCUT2D eigenvalue weighted by molar-refractivity contribution is 7.13. The summed E-state index contributed by atoms with van der Waals surface area (Å²) < 4.78 is 10.9. The minimum absolute atomic E-state index is 0.0395. The van der Waals surface area contributed by atoms with Crippen molar-refractivity contribution >= 4 is 22.3 Å². The van der Waals surface area contributed by atoms with Crippen LogP contribution in [-0.2, 0) is 0 Å². The molecule has 18 heavy (non-hydrogen) atoms. The average molecular weight is 258 g/mol. The van der Waals surface area contributed by atoms with E-state index in [1.807, 2.05) is 17.5 Å². The Morgan fingerprint density at radius 1 is 1.22 bits per heavy atom. The number of hydrogen-bond donors (Lipinski definition) is 0. The molecule has 2 heterocycles. The monoisotopic (exact) mass is 258 g/mol. The Balaban J connectivity index is 2.28. The van der Waals surface area contributed by atoms with Gasteiger partial charge >= 0.3 is 0 Å². The fraction of sp³-hybridized carbons (Fsp3) is 0.0714. The van der Waals surface area contributed by atoms with E-state index in [0.717, 1.165) is 4.88 Å². The molecule has 0 amide bonds. The van der Waals surface area contributed by atoms with E-state index in [9.17, 15) is 4.79 Å². The molecule has 2 aromatic heterocycles. The molecule has 0 atom stereocenters. The summed E-state index contributed by atoms with van der Waals surface area (Å²) in [6, 6.07) is 10.6. The van der Waals surface area contributed by atoms with Gasteiger partial charge in [0.25, 0.3) is 0 Å². The van der Waals surface area contributed by atoms with Crippen molar-refractivity contribution in [1.82, 2.24) is 0 Å². The Kier molecular flexibility index (Phi) is 2.64. The van der Waals surface area contributed by atoms with E-state index in [1.54, 1.807) is 25.3 Å². The normalized spacial score (nSPS) is 10.7. The van der Waals surface area contributed by atoms with Crippen LogP contribution in [0, 0.1) is 0 Å². The molecule has 0 radical (unpaired) electrons. The molecule has 4 heteroatoms. The molecule has 0 saturated heterocycles. The van der Waals surface area contributed by atoms with Gasteiger partial charge < -0.3 is 9.15 Å². The van der Waals surface area contributed by atoms with Gasteiger partial charge in [-0.25, -0.2) is 0 Å². The maximum absolute atomic E-state index is 12.0. The zero-order valence-corrected chi connectivity index (χ0v) is 10.5. The molecule has 3 rings (SSSR count). The minimum atomic E-state index is -0.0395. The Bertz CT molecular complexity index is 741. The van der Waals surface area contributed by atoms with E-state index in [1.165, 1.54) is 17.4 Å². The van der Waals surface area contributed by atoms with Crippen molar-refractivity contribution in [2.75, 3.05) is 7.11 Å². The van der Waals surface area contributed by atoms with Gasteiger partial charge in [-0.2, -0.15) is 0 Å². The van der Waals surface area contributed by atoms with Gasteiger partial charge in [-0.05, 0) is 23.6 Å². The summed E-state index contributed by atoms with van der Waals surface area (Å²) in [6.45, 7) is 0. The largest absolute Gasteiger partial charge is 0.497 e. The summed E-state index contributed by atoms with van der Waals surface area (Å²) in [4.78, 5) is 12.9. The second-order valence-corrected chi connectivity index (χ2v) is 4.76. The van der Waals surface area contributed by atoms with Crippen LogP contribution in [0.4, 0.5) is 0 Å². The summed E-state index contributed by atoms with van der Waals surface area (Å²) in [7, 11) is 1.59. The van der Waals surface area contributed by atoms with Gasteiger partial charge in [-0.15, -0.1) is 11.3 Å². The number of fused-ring (bicyclic) bond motifs is 1. The van der Waals surface area contributed by atoms with Gasteiger partial charge in [0.1, 0.15) is 17.1 Å². The maximum Gasteiger partial charge on any atom is 0.193 e. The SMILES string of the molecule is COc1ccc2c(=O)cc(-c3cccs3)oc2c1. The lowest BCUT2D eigenvalue weighted by Crippen LogP contribution is -2.00. The number of ether oxygens (including phenoxy) is 1. The molecule has 1 aromatic carbocycles. The zero-order chi connectivity index (χ0) is 12.5. The Labute approximate surface area is 107 Å². The molecule has 0 aliphatic heterocycles. The first kappa shape index (κ1) is 11.0. The molecule has 3 aromatic rings. The number of thiophene rings is 1. The fourth-order valence-electron chi connectivity index (χ4n) is 1.80. The van der Waals surface area contributed by atoms with Crippen LogP contribution in [0.3, 0.4) is 0 Å². The standard InChI is InChI=1S/C14H10O3S/c1-16-9-4-5-10-11(15)8-13(17-12(10)7-9)14-3-2-6-18-14/h2-8H,1H3. The molecule has 0 aliphatic rings. The molecular weight excluding hydrogens is 248 g/mol. The fourth-order valence-corrected chi connectivity index (χ4v) is 2.48. The van der Waals surface area contributed by atoms with Gasteiger partial charge in [0.05, 0.1) is 17.4 Å². The van der Waals surface area contributed by atoms with E-state index < -0.39 is 0 Å². The molecule has 0 aliphatic carbocycles. The van der Waals surface area contributed by atoms with Crippen molar-refractivity contribution in [2.45, 2.75) is 0 Å². The zero-order valence-electron chi connectivity index (χ0n) is 9.67. The average Bonchev–Trinajstić information content (AvgIpc) is 2.91. The number of rotatable bonds is 2. The first-order valence-corrected chi connectivity index (χ1v) is 6.31. The first-order chi connectivity index (χ1) is 8.78. The molecule has 0 bridgehead atoms.